The fraction of sp³-hybridized carbons (Fsp3) is 0.600. The Labute approximate surface area is 155 Å². The number of rotatable bonds is 5. The largest absolute Gasteiger partial charge is 0.338 e. The Hall–Kier alpha value is -1.76. The van der Waals surface area contributed by atoms with Crippen molar-refractivity contribution in [2.75, 3.05) is 19.6 Å². The summed E-state index contributed by atoms with van der Waals surface area (Å²) < 4.78 is 5.17. The highest BCUT2D eigenvalue weighted by molar-refractivity contribution is 5.16. The van der Waals surface area contributed by atoms with Gasteiger partial charge in [-0.05, 0) is 18.4 Å². The molecular formula is C20H29N5O. The van der Waals surface area contributed by atoms with Crippen molar-refractivity contribution in [2.45, 2.75) is 57.3 Å². The first-order valence-electron chi connectivity index (χ1n) is 9.80. The van der Waals surface area contributed by atoms with Crippen LogP contribution in [-0.2, 0) is 19.6 Å². The van der Waals surface area contributed by atoms with E-state index in [1.54, 1.807) is 0 Å². The zero-order valence-electron chi connectivity index (χ0n) is 15.4. The molecule has 6 heteroatoms. The summed E-state index contributed by atoms with van der Waals surface area (Å²) in [6.07, 6.45) is 6.61. The van der Waals surface area contributed by atoms with Crippen molar-refractivity contribution in [3.63, 3.8) is 0 Å². The van der Waals surface area contributed by atoms with Gasteiger partial charge in [0.2, 0.25) is 5.89 Å². The minimum Gasteiger partial charge on any atom is -0.338 e. The molecule has 4 rings (SSSR count). The molecule has 2 fully saturated rings. The summed E-state index contributed by atoms with van der Waals surface area (Å²) in [5.41, 5.74) is 7.28. The van der Waals surface area contributed by atoms with Crippen LogP contribution in [0.5, 0.6) is 0 Å². The van der Waals surface area contributed by atoms with Crippen LogP contribution in [0.4, 0.5) is 0 Å². The lowest BCUT2D eigenvalue weighted by atomic mass is 9.78. The van der Waals surface area contributed by atoms with E-state index in [0.29, 0.717) is 12.4 Å². The second-order valence-electron chi connectivity index (χ2n) is 7.71. The first-order chi connectivity index (χ1) is 12.8. The van der Waals surface area contributed by atoms with Gasteiger partial charge in [0.15, 0.2) is 5.82 Å². The Bertz CT molecular complexity index is 695. The molecule has 1 saturated carbocycles. The molecule has 1 saturated heterocycles. The molecule has 1 spiro atoms. The number of hydrogen-bond acceptors (Lipinski definition) is 6. The number of nitrogens with zero attached hydrogens (tertiary/aromatic N) is 4. The lowest BCUT2D eigenvalue weighted by Crippen LogP contribution is -2.62. The Balaban J connectivity index is 1.47. The van der Waals surface area contributed by atoms with Gasteiger partial charge in [-0.25, -0.2) is 0 Å². The molecule has 0 amide bonds. The van der Waals surface area contributed by atoms with Gasteiger partial charge >= 0.3 is 0 Å². The molecule has 2 heterocycles. The summed E-state index contributed by atoms with van der Waals surface area (Å²) in [5, 5.41) is 4.08. The summed E-state index contributed by atoms with van der Waals surface area (Å²) in [5.74, 6) is 1.28. The SMILES string of the molecule is NCc1nc(CN2CCN(Cc3ccccc3)C3(CCCCC3)C2)no1. The molecule has 0 bridgehead atoms. The summed E-state index contributed by atoms with van der Waals surface area (Å²) >= 11 is 0. The maximum Gasteiger partial charge on any atom is 0.240 e. The normalized spacial score (nSPS) is 21.3. The molecule has 0 unspecified atom stereocenters. The molecule has 1 aliphatic carbocycles. The van der Waals surface area contributed by atoms with Gasteiger partial charge in [-0.15, -0.1) is 0 Å². The van der Waals surface area contributed by atoms with Crippen molar-refractivity contribution in [1.29, 1.82) is 0 Å². The smallest absolute Gasteiger partial charge is 0.240 e. The Morgan fingerprint density at radius 3 is 2.58 bits per heavy atom. The van der Waals surface area contributed by atoms with E-state index >= 15 is 0 Å². The van der Waals surface area contributed by atoms with Crippen molar-refractivity contribution in [2.24, 2.45) is 5.73 Å². The number of aromatic nitrogens is 2. The topological polar surface area (TPSA) is 71.4 Å². The van der Waals surface area contributed by atoms with Crippen LogP contribution in [0.15, 0.2) is 34.9 Å². The van der Waals surface area contributed by atoms with Crippen molar-refractivity contribution >= 4 is 0 Å². The first-order valence-corrected chi connectivity index (χ1v) is 9.80. The van der Waals surface area contributed by atoms with Gasteiger partial charge in [0.1, 0.15) is 0 Å². The maximum absolute atomic E-state index is 5.58. The van der Waals surface area contributed by atoms with Crippen LogP contribution in [0, 0.1) is 0 Å². The third-order valence-electron chi connectivity index (χ3n) is 5.93. The molecule has 0 radical (unpaired) electrons. The van der Waals surface area contributed by atoms with Crippen LogP contribution >= 0.6 is 0 Å². The Kier molecular flexibility index (Phi) is 5.33. The molecule has 2 aliphatic rings. The highest BCUT2D eigenvalue weighted by Crippen LogP contribution is 2.37. The highest BCUT2D eigenvalue weighted by atomic mass is 16.5. The predicted octanol–water partition coefficient (Wildman–Crippen LogP) is 2.55. The third-order valence-corrected chi connectivity index (χ3v) is 5.93. The van der Waals surface area contributed by atoms with E-state index in [1.165, 1.54) is 37.7 Å². The van der Waals surface area contributed by atoms with Crippen LogP contribution in [0.2, 0.25) is 0 Å². The standard InChI is InChI=1S/C20H29N5O/c21-13-19-22-18(23-26-19)15-24-11-12-25(14-17-7-3-1-4-8-17)20(16-24)9-5-2-6-10-20/h1,3-4,7-8H,2,5-6,9-16,21H2. The molecule has 1 aromatic heterocycles. The van der Waals surface area contributed by atoms with Crippen LogP contribution in [0.3, 0.4) is 0 Å². The van der Waals surface area contributed by atoms with Crippen molar-refractivity contribution in [3.8, 4) is 0 Å². The van der Waals surface area contributed by atoms with E-state index < -0.39 is 0 Å². The van der Waals surface area contributed by atoms with E-state index in [9.17, 15) is 0 Å². The van der Waals surface area contributed by atoms with Gasteiger partial charge in [-0.2, -0.15) is 4.98 Å². The quantitative estimate of drug-likeness (QED) is 0.889. The predicted molar refractivity (Wildman–Crippen MR) is 100 cm³/mol. The van der Waals surface area contributed by atoms with E-state index in [-0.39, 0.29) is 5.54 Å². The second kappa shape index (κ2) is 7.86. The van der Waals surface area contributed by atoms with Crippen molar-refractivity contribution in [3.05, 3.63) is 47.6 Å². The molecule has 140 valence electrons. The molecule has 2 aromatic rings. The number of nitrogens with two attached hydrogens (primary N) is 1. The molecule has 1 aliphatic heterocycles. The number of benzene rings is 1. The van der Waals surface area contributed by atoms with Gasteiger partial charge in [0.05, 0.1) is 13.1 Å². The number of hydrogen-bond donors (Lipinski definition) is 1. The monoisotopic (exact) mass is 355 g/mol. The van der Waals surface area contributed by atoms with Gasteiger partial charge in [-0.1, -0.05) is 54.8 Å². The fourth-order valence-electron chi connectivity index (χ4n) is 4.60. The second-order valence-corrected chi connectivity index (χ2v) is 7.71. The minimum atomic E-state index is 0.284. The van der Waals surface area contributed by atoms with Gasteiger partial charge < -0.3 is 10.3 Å². The molecule has 6 nitrogen and oxygen atoms in total. The molecular weight excluding hydrogens is 326 g/mol. The maximum atomic E-state index is 5.58. The van der Waals surface area contributed by atoms with Crippen molar-refractivity contribution < 1.29 is 4.52 Å². The van der Waals surface area contributed by atoms with Crippen molar-refractivity contribution in [1.82, 2.24) is 19.9 Å². The van der Waals surface area contributed by atoms with E-state index in [2.05, 4.69) is 50.3 Å². The van der Waals surface area contributed by atoms with Crippen LogP contribution in [0.1, 0.15) is 49.4 Å². The van der Waals surface area contributed by atoms with Gasteiger partial charge in [0, 0.05) is 31.7 Å². The van der Waals surface area contributed by atoms with Gasteiger partial charge in [-0.3, -0.25) is 9.80 Å². The third kappa shape index (κ3) is 3.82. The summed E-state index contributed by atoms with van der Waals surface area (Å²) in [7, 11) is 0. The van der Waals surface area contributed by atoms with Gasteiger partial charge in [0.25, 0.3) is 0 Å². The molecule has 0 atom stereocenters. The fourth-order valence-corrected chi connectivity index (χ4v) is 4.60. The Morgan fingerprint density at radius 2 is 1.85 bits per heavy atom. The van der Waals surface area contributed by atoms with Crippen LogP contribution < -0.4 is 5.73 Å². The first kappa shape index (κ1) is 17.6. The van der Waals surface area contributed by atoms with E-state index in [0.717, 1.165) is 38.5 Å². The highest BCUT2D eigenvalue weighted by Gasteiger charge is 2.42. The molecule has 26 heavy (non-hydrogen) atoms. The summed E-state index contributed by atoms with van der Waals surface area (Å²) in [6, 6.07) is 10.9. The Morgan fingerprint density at radius 1 is 1.04 bits per heavy atom. The lowest BCUT2D eigenvalue weighted by Gasteiger charge is -2.53. The van der Waals surface area contributed by atoms with Crippen LogP contribution in [-0.4, -0.2) is 45.1 Å². The van der Waals surface area contributed by atoms with Crippen LogP contribution in [0.25, 0.3) is 0 Å². The molecule has 2 N–H and O–H groups in total. The molecule has 1 aromatic carbocycles. The lowest BCUT2D eigenvalue weighted by molar-refractivity contribution is -0.0359. The summed E-state index contributed by atoms with van der Waals surface area (Å²) in [4.78, 5) is 9.62. The minimum absolute atomic E-state index is 0.284. The summed E-state index contributed by atoms with van der Waals surface area (Å²) in [6.45, 7) is 5.34. The van der Waals surface area contributed by atoms with E-state index in [1.807, 2.05) is 0 Å². The zero-order valence-corrected chi connectivity index (χ0v) is 15.4. The average Bonchev–Trinajstić information content (AvgIpc) is 3.13. The number of piperazine rings is 1. The van der Waals surface area contributed by atoms with E-state index in [4.69, 9.17) is 10.3 Å². The average molecular weight is 355 g/mol. The zero-order chi connectivity index (χ0) is 17.8.